The molecule has 0 fully saturated rings. The summed E-state index contributed by atoms with van der Waals surface area (Å²) in [7, 11) is 0. The fourth-order valence-corrected chi connectivity index (χ4v) is 2.17. The average molecular weight is 246 g/mol. The first kappa shape index (κ1) is 13.3. The normalized spacial score (nSPS) is 12.9. The molecule has 0 bridgehead atoms. The zero-order valence-electron chi connectivity index (χ0n) is 9.56. The average Bonchev–Trinajstić information content (AvgIpc) is 2.64. The molecule has 0 aliphatic heterocycles. The Morgan fingerprint density at radius 1 is 1.62 bits per heavy atom. The van der Waals surface area contributed by atoms with Crippen molar-refractivity contribution >= 4 is 11.8 Å². The van der Waals surface area contributed by atoms with Crippen LogP contribution < -0.4 is 11.0 Å². The second kappa shape index (κ2) is 6.72. The molecule has 0 aliphatic rings. The van der Waals surface area contributed by atoms with Gasteiger partial charge in [-0.05, 0) is 13.5 Å². The van der Waals surface area contributed by atoms with E-state index in [-0.39, 0.29) is 5.69 Å². The van der Waals surface area contributed by atoms with E-state index in [0.717, 1.165) is 6.54 Å². The standard InChI is InChI=1S/C9H18N4O2S/c1-3-10-5-7(14)6-16-9-12-11-8(15)13(9)4-2/h7,10,14H,3-6H2,1-2H3,(H,11,15). The van der Waals surface area contributed by atoms with Gasteiger partial charge in [0.1, 0.15) is 0 Å². The Labute approximate surface area is 98.4 Å². The number of thioether (sulfide) groups is 1. The minimum absolute atomic E-state index is 0.203. The van der Waals surface area contributed by atoms with Gasteiger partial charge in [-0.1, -0.05) is 18.7 Å². The fourth-order valence-electron chi connectivity index (χ4n) is 1.23. The maximum Gasteiger partial charge on any atom is 0.343 e. The maximum atomic E-state index is 11.2. The Balaban J connectivity index is 2.45. The zero-order valence-corrected chi connectivity index (χ0v) is 10.4. The lowest BCUT2D eigenvalue weighted by molar-refractivity contribution is 0.196. The summed E-state index contributed by atoms with van der Waals surface area (Å²) in [5, 5.41) is 19.6. The molecule has 0 spiro atoms. The van der Waals surface area contributed by atoms with Crippen LogP contribution in [-0.2, 0) is 6.54 Å². The second-order valence-electron chi connectivity index (χ2n) is 3.33. The van der Waals surface area contributed by atoms with Crippen LogP contribution in [0.4, 0.5) is 0 Å². The van der Waals surface area contributed by atoms with Crippen molar-refractivity contribution in [3.8, 4) is 0 Å². The van der Waals surface area contributed by atoms with Gasteiger partial charge in [-0.2, -0.15) is 0 Å². The van der Waals surface area contributed by atoms with E-state index in [9.17, 15) is 9.90 Å². The molecule has 1 heterocycles. The molecule has 0 amide bonds. The predicted molar refractivity (Wildman–Crippen MR) is 63.8 cm³/mol. The first-order valence-electron chi connectivity index (χ1n) is 5.35. The quantitative estimate of drug-likeness (QED) is 0.573. The van der Waals surface area contributed by atoms with Gasteiger partial charge >= 0.3 is 5.69 Å². The number of aromatic nitrogens is 3. The van der Waals surface area contributed by atoms with Crippen LogP contribution in [0.1, 0.15) is 13.8 Å². The third kappa shape index (κ3) is 3.66. The Morgan fingerprint density at radius 2 is 2.38 bits per heavy atom. The lowest BCUT2D eigenvalue weighted by atomic mass is 10.4. The Hall–Kier alpha value is -0.790. The number of aromatic amines is 1. The molecule has 3 N–H and O–H groups in total. The molecule has 1 unspecified atom stereocenters. The summed E-state index contributed by atoms with van der Waals surface area (Å²) in [6.07, 6.45) is -0.429. The molecule has 1 aromatic rings. The molecule has 0 saturated heterocycles. The second-order valence-corrected chi connectivity index (χ2v) is 4.32. The maximum absolute atomic E-state index is 11.2. The van der Waals surface area contributed by atoms with E-state index in [2.05, 4.69) is 15.5 Å². The molecule has 1 rings (SSSR count). The van der Waals surface area contributed by atoms with Gasteiger partial charge in [0.25, 0.3) is 0 Å². The monoisotopic (exact) mass is 246 g/mol. The molecule has 92 valence electrons. The van der Waals surface area contributed by atoms with Gasteiger partial charge in [0, 0.05) is 18.8 Å². The van der Waals surface area contributed by atoms with E-state index >= 15 is 0 Å². The van der Waals surface area contributed by atoms with Crippen LogP contribution in [0.3, 0.4) is 0 Å². The highest BCUT2D eigenvalue weighted by molar-refractivity contribution is 7.99. The first-order chi connectivity index (χ1) is 7.69. The van der Waals surface area contributed by atoms with Crippen LogP contribution in [0.25, 0.3) is 0 Å². The number of hydrogen-bond acceptors (Lipinski definition) is 5. The Kier molecular flexibility index (Phi) is 5.58. The van der Waals surface area contributed by atoms with Crippen molar-refractivity contribution in [2.24, 2.45) is 0 Å². The molecule has 0 aromatic carbocycles. The van der Waals surface area contributed by atoms with Crippen molar-refractivity contribution in [1.29, 1.82) is 0 Å². The highest BCUT2D eigenvalue weighted by Crippen LogP contribution is 2.13. The lowest BCUT2D eigenvalue weighted by Crippen LogP contribution is -2.28. The summed E-state index contributed by atoms with van der Waals surface area (Å²) >= 11 is 1.38. The number of hydrogen-bond donors (Lipinski definition) is 3. The van der Waals surface area contributed by atoms with E-state index < -0.39 is 6.10 Å². The van der Waals surface area contributed by atoms with E-state index in [1.165, 1.54) is 11.8 Å². The van der Waals surface area contributed by atoms with Gasteiger partial charge in [-0.3, -0.25) is 4.57 Å². The zero-order chi connectivity index (χ0) is 12.0. The van der Waals surface area contributed by atoms with Crippen LogP contribution in [0.2, 0.25) is 0 Å². The molecule has 1 aromatic heterocycles. The van der Waals surface area contributed by atoms with Crippen molar-refractivity contribution in [1.82, 2.24) is 20.1 Å². The van der Waals surface area contributed by atoms with Crippen molar-refractivity contribution < 1.29 is 5.11 Å². The highest BCUT2D eigenvalue weighted by atomic mass is 32.2. The topological polar surface area (TPSA) is 82.9 Å². The molecule has 6 nitrogen and oxygen atoms in total. The Morgan fingerprint density at radius 3 is 3.00 bits per heavy atom. The van der Waals surface area contributed by atoms with E-state index in [0.29, 0.717) is 24.0 Å². The minimum atomic E-state index is -0.429. The summed E-state index contributed by atoms with van der Waals surface area (Å²) in [6, 6.07) is 0. The van der Waals surface area contributed by atoms with Crippen molar-refractivity contribution in [3.63, 3.8) is 0 Å². The van der Waals surface area contributed by atoms with Crippen molar-refractivity contribution in [3.05, 3.63) is 10.5 Å². The number of aliphatic hydroxyl groups excluding tert-OH is 1. The van der Waals surface area contributed by atoms with Gasteiger partial charge in [0.15, 0.2) is 5.16 Å². The van der Waals surface area contributed by atoms with Gasteiger partial charge in [-0.15, -0.1) is 5.10 Å². The van der Waals surface area contributed by atoms with Gasteiger partial charge in [-0.25, -0.2) is 9.89 Å². The smallest absolute Gasteiger partial charge is 0.343 e. The van der Waals surface area contributed by atoms with Gasteiger partial charge < -0.3 is 10.4 Å². The molecular formula is C9H18N4O2S. The van der Waals surface area contributed by atoms with Crippen molar-refractivity contribution in [2.75, 3.05) is 18.8 Å². The lowest BCUT2D eigenvalue weighted by Gasteiger charge is -2.09. The molecule has 7 heteroatoms. The Bertz CT molecular complexity index is 363. The van der Waals surface area contributed by atoms with Crippen LogP contribution >= 0.6 is 11.8 Å². The van der Waals surface area contributed by atoms with Crippen molar-refractivity contribution in [2.45, 2.75) is 31.7 Å². The summed E-state index contributed by atoms with van der Waals surface area (Å²) in [4.78, 5) is 11.2. The van der Waals surface area contributed by atoms with Gasteiger partial charge in [0.2, 0.25) is 0 Å². The van der Waals surface area contributed by atoms with Crippen LogP contribution in [0, 0.1) is 0 Å². The SMILES string of the molecule is CCNCC(O)CSc1n[nH]c(=O)n1CC. The number of nitrogens with one attached hydrogen (secondary N) is 2. The molecule has 0 radical (unpaired) electrons. The summed E-state index contributed by atoms with van der Waals surface area (Å²) in [5.74, 6) is 0.525. The summed E-state index contributed by atoms with van der Waals surface area (Å²) < 4.78 is 1.55. The summed E-state index contributed by atoms with van der Waals surface area (Å²) in [5.41, 5.74) is -0.203. The number of likely N-dealkylation sites (N-methyl/N-ethyl adjacent to an activating group) is 1. The molecule has 0 saturated carbocycles. The van der Waals surface area contributed by atoms with Crippen LogP contribution in [0.15, 0.2) is 9.95 Å². The number of H-pyrrole nitrogens is 1. The predicted octanol–water partition coefficient (Wildman–Crippen LogP) is -0.346. The molecule has 1 atom stereocenters. The largest absolute Gasteiger partial charge is 0.391 e. The summed E-state index contributed by atoms with van der Waals surface area (Å²) in [6.45, 7) is 5.85. The minimum Gasteiger partial charge on any atom is -0.391 e. The van der Waals surface area contributed by atoms with Gasteiger partial charge in [0.05, 0.1) is 6.10 Å². The number of rotatable bonds is 7. The number of aliphatic hydroxyl groups is 1. The highest BCUT2D eigenvalue weighted by Gasteiger charge is 2.10. The van der Waals surface area contributed by atoms with E-state index in [1.54, 1.807) is 4.57 Å². The third-order valence-corrected chi connectivity index (χ3v) is 3.20. The fraction of sp³-hybridized carbons (Fsp3) is 0.778. The third-order valence-electron chi connectivity index (χ3n) is 2.07. The van der Waals surface area contributed by atoms with Crippen LogP contribution in [-0.4, -0.2) is 44.8 Å². The first-order valence-corrected chi connectivity index (χ1v) is 6.34. The number of nitrogens with zero attached hydrogens (tertiary/aromatic N) is 2. The molecule has 0 aliphatic carbocycles. The molecule has 16 heavy (non-hydrogen) atoms. The molecular weight excluding hydrogens is 228 g/mol. The van der Waals surface area contributed by atoms with E-state index in [1.807, 2.05) is 13.8 Å². The van der Waals surface area contributed by atoms with Crippen LogP contribution in [0.5, 0.6) is 0 Å². The van der Waals surface area contributed by atoms with E-state index in [4.69, 9.17) is 0 Å².